The number of aryl methyl sites for hydroxylation is 1. The molecule has 5 N–H and O–H groups in total. The zero-order valence-electron chi connectivity index (χ0n) is 19.0. The maximum Gasteiger partial charge on any atom is 0.321 e. The smallest absolute Gasteiger partial charge is 0.321 e. The lowest BCUT2D eigenvalue weighted by atomic mass is 9.98. The number of nitrogens with zero attached hydrogens (tertiary/aromatic N) is 4. The van der Waals surface area contributed by atoms with E-state index in [0.29, 0.717) is 41.4 Å². The van der Waals surface area contributed by atoms with Crippen LogP contribution in [0.2, 0.25) is 0 Å². The molecule has 0 spiro atoms. The van der Waals surface area contributed by atoms with Gasteiger partial charge in [-0.1, -0.05) is 25.4 Å². The second kappa shape index (κ2) is 10.5. The van der Waals surface area contributed by atoms with Crippen molar-refractivity contribution in [1.29, 1.82) is 0 Å². The fourth-order valence-electron chi connectivity index (χ4n) is 3.68. The SMILES string of the molecule is Cc1nc(/C(N)=C(\CNc2nc(CC(C)C)no2)N(C)N)ccc1OC1CCCCC1. The number of hydrogen-bond donors (Lipinski definition) is 3. The molecule has 1 saturated carbocycles. The molecule has 2 heterocycles. The molecule has 170 valence electrons. The number of nitrogens with two attached hydrogens (primary N) is 2. The third-order valence-corrected chi connectivity index (χ3v) is 5.36. The first-order chi connectivity index (χ1) is 14.8. The van der Waals surface area contributed by atoms with E-state index in [9.17, 15) is 0 Å². The van der Waals surface area contributed by atoms with Gasteiger partial charge in [-0.05, 0) is 50.7 Å². The lowest BCUT2D eigenvalue weighted by Crippen LogP contribution is -2.32. The highest BCUT2D eigenvalue weighted by atomic mass is 16.5. The molecular formula is C22H35N7O2. The van der Waals surface area contributed by atoms with Crippen LogP contribution < -0.4 is 21.6 Å². The fraction of sp³-hybridized carbons (Fsp3) is 0.591. The number of hydrazine groups is 1. The predicted octanol–water partition coefficient (Wildman–Crippen LogP) is 3.23. The summed E-state index contributed by atoms with van der Waals surface area (Å²) in [6.07, 6.45) is 6.98. The highest BCUT2D eigenvalue weighted by molar-refractivity contribution is 5.64. The molecule has 0 aromatic carbocycles. The number of pyridine rings is 1. The highest BCUT2D eigenvalue weighted by Gasteiger charge is 2.18. The lowest BCUT2D eigenvalue weighted by molar-refractivity contribution is 0.153. The summed E-state index contributed by atoms with van der Waals surface area (Å²) in [5, 5.41) is 8.55. The second-order valence-corrected chi connectivity index (χ2v) is 8.60. The number of hydrogen-bond acceptors (Lipinski definition) is 9. The van der Waals surface area contributed by atoms with Crippen LogP contribution >= 0.6 is 0 Å². The van der Waals surface area contributed by atoms with Crippen molar-refractivity contribution in [2.24, 2.45) is 17.5 Å². The van der Waals surface area contributed by atoms with Crippen molar-refractivity contribution in [3.63, 3.8) is 0 Å². The molecule has 2 aromatic rings. The minimum atomic E-state index is 0.276. The average molecular weight is 430 g/mol. The van der Waals surface area contributed by atoms with Crippen molar-refractivity contribution in [3.8, 4) is 5.75 Å². The van der Waals surface area contributed by atoms with E-state index in [4.69, 9.17) is 20.8 Å². The molecule has 0 aliphatic heterocycles. The van der Waals surface area contributed by atoms with E-state index in [1.807, 2.05) is 19.1 Å². The first-order valence-corrected chi connectivity index (χ1v) is 11.0. The summed E-state index contributed by atoms with van der Waals surface area (Å²) >= 11 is 0. The Morgan fingerprint density at radius 2 is 2.00 bits per heavy atom. The van der Waals surface area contributed by atoms with Crippen LogP contribution in [0.1, 0.15) is 63.2 Å². The molecule has 1 aliphatic rings. The van der Waals surface area contributed by atoms with E-state index >= 15 is 0 Å². The Balaban J connectivity index is 1.71. The number of likely N-dealkylation sites (N-methyl/N-ethyl adjacent to an activating group) is 1. The second-order valence-electron chi connectivity index (χ2n) is 8.60. The summed E-state index contributed by atoms with van der Waals surface area (Å²) in [6.45, 7) is 6.47. The van der Waals surface area contributed by atoms with Gasteiger partial charge in [-0.3, -0.25) is 0 Å². The Labute approximate surface area is 184 Å². The summed E-state index contributed by atoms with van der Waals surface area (Å²) in [5.41, 5.74) is 9.03. The van der Waals surface area contributed by atoms with E-state index in [0.717, 1.165) is 30.7 Å². The summed E-state index contributed by atoms with van der Waals surface area (Å²) < 4.78 is 11.4. The van der Waals surface area contributed by atoms with Crippen LogP contribution in [0.3, 0.4) is 0 Å². The molecule has 2 aromatic heterocycles. The van der Waals surface area contributed by atoms with Crippen LogP contribution in [0.15, 0.2) is 22.4 Å². The molecule has 31 heavy (non-hydrogen) atoms. The van der Waals surface area contributed by atoms with Crippen LogP contribution in [0.25, 0.3) is 5.70 Å². The van der Waals surface area contributed by atoms with Gasteiger partial charge in [0.15, 0.2) is 5.82 Å². The van der Waals surface area contributed by atoms with Crippen molar-refractivity contribution < 1.29 is 9.26 Å². The van der Waals surface area contributed by atoms with Crippen LogP contribution in [-0.4, -0.2) is 39.8 Å². The topological polar surface area (TPSA) is 128 Å². The first-order valence-electron chi connectivity index (χ1n) is 11.0. The molecule has 0 atom stereocenters. The van der Waals surface area contributed by atoms with Gasteiger partial charge in [-0.15, -0.1) is 0 Å². The van der Waals surface area contributed by atoms with Gasteiger partial charge in [0.1, 0.15) is 5.75 Å². The first kappa shape index (κ1) is 22.9. The Bertz CT molecular complexity index is 886. The minimum Gasteiger partial charge on any atom is -0.489 e. The minimum absolute atomic E-state index is 0.276. The van der Waals surface area contributed by atoms with E-state index < -0.39 is 0 Å². The zero-order valence-corrected chi connectivity index (χ0v) is 19.0. The summed E-state index contributed by atoms with van der Waals surface area (Å²) in [5.74, 6) is 7.97. The van der Waals surface area contributed by atoms with Crippen molar-refractivity contribution in [2.75, 3.05) is 18.9 Å². The van der Waals surface area contributed by atoms with Gasteiger partial charge in [0.25, 0.3) is 0 Å². The molecule has 0 unspecified atom stereocenters. The highest BCUT2D eigenvalue weighted by Crippen LogP contribution is 2.26. The largest absolute Gasteiger partial charge is 0.489 e. The Morgan fingerprint density at radius 1 is 1.26 bits per heavy atom. The molecule has 0 amide bonds. The maximum atomic E-state index is 6.43. The van der Waals surface area contributed by atoms with E-state index in [1.165, 1.54) is 24.3 Å². The van der Waals surface area contributed by atoms with E-state index in [2.05, 4.69) is 34.3 Å². The maximum absolute atomic E-state index is 6.43. The van der Waals surface area contributed by atoms with Crippen LogP contribution in [-0.2, 0) is 6.42 Å². The Morgan fingerprint density at radius 3 is 2.65 bits per heavy atom. The van der Waals surface area contributed by atoms with Gasteiger partial charge in [0.05, 0.1) is 35.4 Å². The number of ether oxygens (including phenoxy) is 1. The molecule has 9 nitrogen and oxygen atoms in total. The standard InChI is InChI=1S/C22H35N7O2/c1-14(2)12-20-27-22(31-28-20)25-13-18(29(4)24)21(23)17-10-11-19(15(3)26-17)30-16-8-6-5-7-9-16/h10-11,14,16H,5-9,12-13,23-24H2,1-4H3,(H,25,27,28)/b21-18-. The van der Waals surface area contributed by atoms with Crippen molar-refractivity contribution in [3.05, 3.63) is 35.0 Å². The van der Waals surface area contributed by atoms with Gasteiger partial charge in [0, 0.05) is 13.5 Å². The Hall–Kier alpha value is -2.81. The summed E-state index contributed by atoms with van der Waals surface area (Å²) in [4.78, 5) is 9.02. The van der Waals surface area contributed by atoms with Crippen molar-refractivity contribution in [1.82, 2.24) is 20.1 Å². The molecule has 1 fully saturated rings. The normalized spacial score (nSPS) is 15.7. The number of aromatic nitrogens is 3. The van der Waals surface area contributed by atoms with E-state index in [-0.39, 0.29) is 6.10 Å². The van der Waals surface area contributed by atoms with Crippen LogP contribution in [0.4, 0.5) is 6.01 Å². The predicted molar refractivity (Wildman–Crippen MR) is 121 cm³/mol. The zero-order chi connectivity index (χ0) is 22.4. The summed E-state index contributed by atoms with van der Waals surface area (Å²) in [7, 11) is 1.73. The van der Waals surface area contributed by atoms with Crippen molar-refractivity contribution in [2.45, 2.75) is 65.4 Å². The van der Waals surface area contributed by atoms with E-state index in [1.54, 1.807) is 7.05 Å². The third kappa shape index (κ3) is 6.33. The van der Waals surface area contributed by atoms with Gasteiger partial charge in [0.2, 0.25) is 0 Å². The third-order valence-electron chi connectivity index (χ3n) is 5.36. The number of anilines is 1. The summed E-state index contributed by atoms with van der Waals surface area (Å²) in [6, 6.07) is 4.15. The fourth-order valence-corrected chi connectivity index (χ4v) is 3.68. The van der Waals surface area contributed by atoms with Crippen LogP contribution in [0, 0.1) is 12.8 Å². The van der Waals surface area contributed by atoms with Gasteiger partial charge in [-0.2, -0.15) is 4.98 Å². The molecule has 0 radical (unpaired) electrons. The average Bonchev–Trinajstić information content (AvgIpc) is 3.16. The Kier molecular flexibility index (Phi) is 7.73. The quantitative estimate of drug-likeness (QED) is 0.406. The molecule has 0 saturated heterocycles. The molecule has 3 rings (SSSR count). The lowest BCUT2D eigenvalue weighted by Gasteiger charge is -2.24. The van der Waals surface area contributed by atoms with Crippen molar-refractivity contribution >= 4 is 11.7 Å². The van der Waals surface area contributed by atoms with Gasteiger partial charge in [-0.25, -0.2) is 10.8 Å². The number of nitrogens with one attached hydrogen (secondary N) is 1. The molecule has 0 bridgehead atoms. The molecular weight excluding hydrogens is 394 g/mol. The number of rotatable bonds is 9. The monoisotopic (exact) mass is 429 g/mol. The van der Waals surface area contributed by atoms with Gasteiger partial charge >= 0.3 is 6.01 Å². The van der Waals surface area contributed by atoms with Gasteiger partial charge < -0.3 is 25.3 Å². The molecule has 9 heteroatoms. The van der Waals surface area contributed by atoms with Crippen LogP contribution in [0.5, 0.6) is 5.75 Å². The molecule has 1 aliphatic carbocycles.